The van der Waals surface area contributed by atoms with Crippen LogP contribution in [0.2, 0.25) is 0 Å². The van der Waals surface area contributed by atoms with Crippen molar-refractivity contribution in [2.45, 2.75) is 0 Å². The minimum absolute atomic E-state index is 0.672. The van der Waals surface area contributed by atoms with Gasteiger partial charge in [0.1, 0.15) is 0 Å². The van der Waals surface area contributed by atoms with E-state index in [-0.39, 0.29) is 0 Å². The molecule has 0 aliphatic carbocycles. The number of hydrogen-bond donors (Lipinski definition) is 0. The SMILES string of the molecule is c1ccc(-c2nc(-n3c4ccccc4c4c5c6ccccc6n6c7c8ccccc8ccc7c(cc43)c56)nc3c2ccc2ccccc23)cc1. The number of fused-ring (bicyclic) bond motifs is 15. The Kier molecular flexibility index (Phi) is 4.94. The molecule has 50 heavy (non-hydrogen) atoms. The van der Waals surface area contributed by atoms with E-state index in [2.05, 4.69) is 167 Å². The van der Waals surface area contributed by atoms with Crippen LogP contribution in [0.1, 0.15) is 0 Å². The van der Waals surface area contributed by atoms with Crippen molar-refractivity contribution in [1.82, 2.24) is 18.9 Å². The standard InChI is InChI=1S/C46H26N4/c1-2-14-29(15-3-1)42-35-25-23-27-12-4-6-16-30(27)43(35)48-46(47-42)49-37-20-10-8-18-33(37)40-39(49)26-36-32-24-22-28-13-5-7-17-31(28)44(32)50-38-21-11-9-19-34(38)41(40)45(36)50/h1-26H. The number of para-hydroxylation sites is 2. The van der Waals surface area contributed by atoms with Gasteiger partial charge >= 0.3 is 0 Å². The predicted molar refractivity (Wildman–Crippen MR) is 209 cm³/mol. The predicted octanol–water partition coefficient (Wildman–Crippen LogP) is 11.9. The van der Waals surface area contributed by atoms with Crippen LogP contribution in [-0.2, 0) is 0 Å². The Morgan fingerprint density at radius 2 is 1.00 bits per heavy atom. The van der Waals surface area contributed by atoms with Gasteiger partial charge in [0.2, 0.25) is 5.95 Å². The summed E-state index contributed by atoms with van der Waals surface area (Å²) in [5, 5.41) is 13.3. The highest BCUT2D eigenvalue weighted by molar-refractivity contribution is 6.37. The Hall–Kier alpha value is -6.78. The van der Waals surface area contributed by atoms with Gasteiger partial charge in [-0.2, -0.15) is 0 Å². The second kappa shape index (κ2) is 9.43. The molecular formula is C46H26N4. The van der Waals surface area contributed by atoms with E-state index in [4.69, 9.17) is 9.97 Å². The van der Waals surface area contributed by atoms with E-state index in [0.29, 0.717) is 5.95 Å². The molecule has 12 rings (SSSR count). The molecule has 0 amide bonds. The molecule has 12 aromatic rings. The maximum absolute atomic E-state index is 5.46. The van der Waals surface area contributed by atoms with E-state index in [1.165, 1.54) is 59.6 Å². The molecule has 4 aromatic heterocycles. The molecule has 4 nitrogen and oxygen atoms in total. The summed E-state index contributed by atoms with van der Waals surface area (Å²) in [6, 6.07) is 56.7. The molecule has 0 unspecified atom stereocenters. The Morgan fingerprint density at radius 1 is 0.380 bits per heavy atom. The van der Waals surface area contributed by atoms with Crippen LogP contribution in [0.3, 0.4) is 0 Å². The van der Waals surface area contributed by atoms with Gasteiger partial charge in [0.25, 0.3) is 0 Å². The van der Waals surface area contributed by atoms with Crippen molar-refractivity contribution in [3.05, 3.63) is 158 Å². The molecule has 0 radical (unpaired) electrons. The third kappa shape index (κ3) is 3.25. The van der Waals surface area contributed by atoms with Gasteiger partial charge in [-0.1, -0.05) is 133 Å². The molecule has 0 fully saturated rings. The third-order valence-electron chi connectivity index (χ3n) is 10.8. The summed E-state index contributed by atoms with van der Waals surface area (Å²) in [5.41, 5.74) is 8.91. The highest BCUT2D eigenvalue weighted by Gasteiger charge is 2.26. The summed E-state index contributed by atoms with van der Waals surface area (Å²) in [5.74, 6) is 0.672. The van der Waals surface area contributed by atoms with Crippen LogP contribution in [0.5, 0.6) is 0 Å². The number of aromatic nitrogens is 4. The van der Waals surface area contributed by atoms with Crippen molar-refractivity contribution >= 4 is 92.3 Å². The molecule has 0 aliphatic rings. The van der Waals surface area contributed by atoms with Crippen molar-refractivity contribution in [2.75, 3.05) is 0 Å². The van der Waals surface area contributed by atoms with E-state index in [9.17, 15) is 0 Å². The smallest absolute Gasteiger partial charge is 0.235 e. The van der Waals surface area contributed by atoms with Crippen LogP contribution in [-0.4, -0.2) is 18.9 Å². The number of benzene rings is 8. The lowest BCUT2D eigenvalue weighted by atomic mass is 10.0. The molecular weight excluding hydrogens is 609 g/mol. The van der Waals surface area contributed by atoms with Crippen molar-refractivity contribution in [2.24, 2.45) is 0 Å². The van der Waals surface area contributed by atoms with Crippen molar-refractivity contribution < 1.29 is 0 Å². The van der Waals surface area contributed by atoms with Gasteiger partial charge in [-0.05, 0) is 35.0 Å². The molecule has 0 saturated carbocycles. The largest absolute Gasteiger partial charge is 0.307 e. The third-order valence-corrected chi connectivity index (χ3v) is 10.8. The Morgan fingerprint density at radius 3 is 1.80 bits per heavy atom. The van der Waals surface area contributed by atoms with Crippen LogP contribution in [0.15, 0.2) is 158 Å². The summed E-state index contributed by atoms with van der Waals surface area (Å²) < 4.78 is 4.81. The van der Waals surface area contributed by atoms with Crippen LogP contribution in [0, 0.1) is 0 Å². The zero-order valence-electron chi connectivity index (χ0n) is 26.8. The molecule has 4 heterocycles. The van der Waals surface area contributed by atoms with E-state index < -0.39 is 0 Å². The first-order valence-corrected chi connectivity index (χ1v) is 17.1. The van der Waals surface area contributed by atoms with Crippen LogP contribution >= 0.6 is 0 Å². The second-order valence-electron chi connectivity index (χ2n) is 13.4. The van der Waals surface area contributed by atoms with Crippen LogP contribution < -0.4 is 0 Å². The summed E-state index contributed by atoms with van der Waals surface area (Å²) >= 11 is 0. The molecule has 0 N–H and O–H groups in total. The Balaban J connectivity index is 1.32. The van der Waals surface area contributed by atoms with Gasteiger partial charge in [0.15, 0.2) is 0 Å². The van der Waals surface area contributed by atoms with Gasteiger partial charge in [-0.15, -0.1) is 0 Å². The fourth-order valence-corrected chi connectivity index (χ4v) is 8.75. The Labute approximate surface area is 285 Å². The summed E-state index contributed by atoms with van der Waals surface area (Å²) in [4.78, 5) is 10.9. The number of rotatable bonds is 2. The van der Waals surface area contributed by atoms with Crippen molar-refractivity contribution in [1.29, 1.82) is 0 Å². The van der Waals surface area contributed by atoms with Gasteiger partial charge in [-0.25, -0.2) is 9.97 Å². The average molecular weight is 635 g/mol. The van der Waals surface area contributed by atoms with E-state index in [1.807, 2.05) is 0 Å². The maximum Gasteiger partial charge on any atom is 0.235 e. The topological polar surface area (TPSA) is 35.1 Å². The molecule has 230 valence electrons. The zero-order chi connectivity index (χ0) is 32.5. The highest BCUT2D eigenvalue weighted by atomic mass is 15.2. The molecule has 0 bridgehead atoms. The fourth-order valence-electron chi connectivity index (χ4n) is 8.75. The van der Waals surface area contributed by atoms with Gasteiger partial charge in [0, 0.05) is 54.0 Å². The monoisotopic (exact) mass is 634 g/mol. The second-order valence-corrected chi connectivity index (χ2v) is 13.4. The molecule has 0 aliphatic heterocycles. The van der Waals surface area contributed by atoms with Crippen molar-refractivity contribution in [3.8, 4) is 17.2 Å². The van der Waals surface area contributed by atoms with Gasteiger partial charge < -0.3 is 4.40 Å². The van der Waals surface area contributed by atoms with Crippen molar-refractivity contribution in [3.63, 3.8) is 0 Å². The molecule has 0 spiro atoms. The lowest BCUT2D eigenvalue weighted by Gasteiger charge is -2.13. The first-order chi connectivity index (χ1) is 24.8. The average Bonchev–Trinajstić information content (AvgIpc) is 3.82. The lowest BCUT2D eigenvalue weighted by molar-refractivity contribution is 1.02. The summed E-state index contributed by atoms with van der Waals surface area (Å²) in [6.45, 7) is 0. The Bertz CT molecular complexity index is 3370. The van der Waals surface area contributed by atoms with Crippen LogP contribution in [0.4, 0.5) is 0 Å². The van der Waals surface area contributed by atoms with E-state index >= 15 is 0 Å². The molecule has 8 aromatic carbocycles. The first kappa shape index (κ1) is 26.2. The minimum atomic E-state index is 0.672. The summed E-state index contributed by atoms with van der Waals surface area (Å²) in [7, 11) is 0. The van der Waals surface area contributed by atoms with Crippen LogP contribution in [0.25, 0.3) is 110 Å². The number of hydrogen-bond acceptors (Lipinski definition) is 2. The number of nitrogens with zero attached hydrogens (tertiary/aromatic N) is 4. The van der Waals surface area contributed by atoms with Gasteiger partial charge in [-0.3, -0.25) is 4.57 Å². The normalized spacial score (nSPS) is 12.4. The van der Waals surface area contributed by atoms with E-state index in [1.54, 1.807) is 0 Å². The fraction of sp³-hybridized carbons (Fsp3) is 0. The lowest BCUT2D eigenvalue weighted by Crippen LogP contribution is -2.03. The minimum Gasteiger partial charge on any atom is -0.307 e. The summed E-state index contributed by atoms with van der Waals surface area (Å²) in [6.07, 6.45) is 0. The first-order valence-electron chi connectivity index (χ1n) is 17.1. The zero-order valence-corrected chi connectivity index (χ0v) is 26.8. The molecule has 4 heteroatoms. The maximum atomic E-state index is 5.46. The highest BCUT2D eigenvalue weighted by Crippen LogP contribution is 2.47. The molecule has 0 saturated heterocycles. The molecule has 0 atom stereocenters. The van der Waals surface area contributed by atoms with Gasteiger partial charge in [0.05, 0.1) is 38.8 Å². The quantitative estimate of drug-likeness (QED) is 0.177. The van der Waals surface area contributed by atoms with E-state index in [0.717, 1.165) is 44.0 Å².